The molecule has 0 radical (unpaired) electrons. The van der Waals surface area contributed by atoms with Crippen LogP contribution in [0.5, 0.6) is 0 Å². The van der Waals surface area contributed by atoms with Crippen molar-refractivity contribution < 1.29 is 24.4 Å². The second-order valence-corrected chi connectivity index (χ2v) is 6.20. The van der Waals surface area contributed by atoms with Crippen LogP contribution in [-0.2, 0) is 9.59 Å². The normalized spacial score (nSPS) is 21.6. The first-order valence-electron chi connectivity index (χ1n) is 8.16. The molecule has 1 saturated heterocycles. The average Bonchev–Trinajstić information content (AvgIpc) is 2.86. The molecule has 136 valence electrons. The van der Waals surface area contributed by atoms with Gasteiger partial charge in [-0.05, 0) is 18.9 Å². The number of allylic oxidation sites excluding steroid dienone is 2. The highest BCUT2D eigenvalue weighted by Crippen LogP contribution is 2.34. The summed E-state index contributed by atoms with van der Waals surface area (Å²) in [6.07, 6.45) is 4.93. The van der Waals surface area contributed by atoms with Gasteiger partial charge in [0, 0.05) is 30.9 Å². The number of imide groups is 1. The number of carbonyl (C=O) groups is 3. The Labute approximate surface area is 148 Å². The summed E-state index contributed by atoms with van der Waals surface area (Å²) in [5.74, 6) is -2.31. The van der Waals surface area contributed by atoms with Gasteiger partial charge in [0.15, 0.2) is 0 Å². The Hall–Kier alpha value is -3.23. The van der Waals surface area contributed by atoms with Crippen molar-refractivity contribution in [2.75, 3.05) is 18.4 Å². The van der Waals surface area contributed by atoms with Gasteiger partial charge in [0.2, 0.25) is 11.8 Å². The first-order chi connectivity index (χ1) is 12.4. The van der Waals surface area contributed by atoms with Crippen molar-refractivity contribution in [1.29, 1.82) is 0 Å². The van der Waals surface area contributed by atoms with Crippen molar-refractivity contribution in [3.8, 4) is 0 Å². The SMILES string of the molecule is O=C(O)c1cc([N+](=O)[O-])ccc1NCCN1C(=O)[C@@H]2CC=CC[C@H]2C1=O. The Morgan fingerprint density at radius 2 is 1.85 bits per heavy atom. The molecule has 1 aliphatic carbocycles. The Balaban J connectivity index is 1.67. The topological polar surface area (TPSA) is 130 Å². The highest BCUT2D eigenvalue weighted by molar-refractivity contribution is 6.05. The summed E-state index contributed by atoms with van der Waals surface area (Å²) < 4.78 is 0. The van der Waals surface area contributed by atoms with Crippen LogP contribution in [0, 0.1) is 22.0 Å². The number of carbonyl (C=O) groups excluding carboxylic acids is 2. The number of hydrogen-bond acceptors (Lipinski definition) is 6. The molecule has 2 amide bonds. The minimum Gasteiger partial charge on any atom is -0.478 e. The van der Waals surface area contributed by atoms with Gasteiger partial charge in [0.25, 0.3) is 5.69 Å². The Kier molecular flexibility index (Phi) is 4.70. The predicted octanol–water partition coefficient (Wildman–Crippen LogP) is 1.66. The molecule has 1 aromatic carbocycles. The van der Waals surface area contributed by atoms with Crippen LogP contribution in [0.4, 0.5) is 11.4 Å². The van der Waals surface area contributed by atoms with Crippen LogP contribution in [0.1, 0.15) is 23.2 Å². The number of benzene rings is 1. The van der Waals surface area contributed by atoms with Gasteiger partial charge in [0.05, 0.1) is 22.3 Å². The van der Waals surface area contributed by atoms with Crippen molar-refractivity contribution in [3.05, 3.63) is 46.0 Å². The van der Waals surface area contributed by atoms with Gasteiger partial charge in [-0.25, -0.2) is 4.79 Å². The quantitative estimate of drug-likeness (QED) is 0.342. The molecule has 1 aliphatic heterocycles. The molecule has 2 atom stereocenters. The minimum atomic E-state index is -1.30. The molecule has 9 heteroatoms. The van der Waals surface area contributed by atoms with Gasteiger partial charge in [0.1, 0.15) is 0 Å². The summed E-state index contributed by atoms with van der Waals surface area (Å²) in [7, 11) is 0. The van der Waals surface area contributed by atoms with Crippen LogP contribution in [0.2, 0.25) is 0 Å². The lowest BCUT2D eigenvalue weighted by molar-refractivity contribution is -0.384. The summed E-state index contributed by atoms with van der Waals surface area (Å²) >= 11 is 0. The molecule has 1 heterocycles. The number of amides is 2. The number of carboxylic acids is 1. The van der Waals surface area contributed by atoms with E-state index in [1.165, 1.54) is 17.0 Å². The number of nitrogens with one attached hydrogen (secondary N) is 1. The van der Waals surface area contributed by atoms with Crippen LogP contribution in [0.15, 0.2) is 30.4 Å². The molecular formula is C17H17N3O6. The van der Waals surface area contributed by atoms with E-state index in [1.807, 2.05) is 12.2 Å². The second kappa shape index (κ2) is 6.95. The predicted molar refractivity (Wildman–Crippen MR) is 90.6 cm³/mol. The summed E-state index contributed by atoms with van der Waals surface area (Å²) in [6, 6.07) is 3.47. The van der Waals surface area contributed by atoms with Gasteiger partial charge in [-0.2, -0.15) is 0 Å². The largest absolute Gasteiger partial charge is 0.478 e. The third kappa shape index (κ3) is 3.15. The summed E-state index contributed by atoms with van der Waals surface area (Å²) in [4.78, 5) is 47.3. The zero-order valence-corrected chi connectivity index (χ0v) is 13.8. The van der Waals surface area contributed by atoms with Crippen LogP contribution in [-0.4, -0.2) is 45.8 Å². The number of carboxylic acid groups (broad SMARTS) is 1. The number of fused-ring (bicyclic) bond motifs is 1. The van der Waals surface area contributed by atoms with E-state index in [9.17, 15) is 29.6 Å². The fourth-order valence-corrected chi connectivity index (χ4v) is 3.37. The summed E-state index contributed by atoms with van der Waals surface area (Å²) in [5, 5.41) is 22.8. The van der Waals surface area contributed by atoms with E-state index in [0.717, 1.165) is 6.07 Å². The number of aromatic carboxylic acids is 1. The standard InChI is InChI=1S/C17H17N3O6/c21-15-11-3-1-2-4-12(11)16(22)19(15)8-7-18-14-6-5-10(20(25)26)9-13(14)17(23)24/h1-2,5-6,9,11-12,18H,3-4,7-8H2,(H,23,24)/t11-,12-/m1/s1. The fraction of sp³-hybridized carbons (Fsp3) is 0.353. The molecule has 1 aromatic rings. The molecule has 9 nitrogen and oxygen atoms in total. The molecule has 0 aromatic heterocycles. The molecule has 2 aliphatic rings. The van der Waals surface area contributed by atoms with Crippen molar-refractivity contribution >= 4 is 29.2 Å². The third-order valence-electron chi connectivity index (χ3n) is 4.69. The molecule has 3 rings (SSSR count). The number of nitro benzene ring substituents is 1. The number of hydrogen-bond donors (Lipinski definition) is 2. The van der Waals surface area contributed by atoms with Gasteiger partial charge >= 0.3 is 5.97 Å². The highest BCUT2D eigenvalue weighted by Gasteiger charge is 2.46. The van der Waals surface area contributed by atoms with Crippen LogP contribution in [0.25, 0.3) is 0 Å². The highest BCUT2D eigenvalue weighted by atomic mass is 16.6. The zero-order valence-electron chi connectivity index (χ0n) is 13.8. The Morgan fingerprint density at radius 3 is 2.38 bits per heavy atom. The van der Waals surface area contributed by atoms with Gasteiger partial charge in [-0.1, -0.05) is 12.2 Å². The lowest BCUT2D eigenvalue weighted by Crippen LogP contribution is -2.35. The van der Waals surface area contributed by atoms with Crippen molar-refractivity contribution in [2.45, 2.75) is 12.8 Å². The van der Waals surface area contributed by atoms with E-state index >= 15 is 0 Å². The van der Waals surface area contributed by atoms with E-state index in [1.54, 1.807) is 0 Å². The van der Waals surface area contributed by atoms with Crippen molar-refractivity contribution in [1.82, 2.24) is 4.90 Å². The van der Waals surface area contributed by atoms with E-state index in [4.69, 9.17) is 0 Å². The maximum absolute atomic E-state index is 12.4. The fourth-order valence-electron chi connectivity index (χ4n) is 3.37. The van der Waals surface area contributed by atoms with Gasteiger partial charge in [-0.3, -0.25) is 24.6 Å². The smallest absolute Gasteiger partial charge is 0.338 e. The van der Waals surface area contributed by atoms with Crippen LogP contribution < -0.4 is 5.32 Å². The summed E-state index contributed by atoms with van der Waals surface area (Å²) in [6.45, 7) is 0.267. The Morgan fingerprint density at radius 1 is 1.23 bits per heavy atom. The maximum atomic E-state index is 12.4. The number of likely N-dealkylation sites (tertiary alicyclic amines) is 1. The van der Waals surface area contributed by atoms with Gasteiger partial charge < -0.3 is 10.4 Å². The first kappa shape index (κ1) is 17.6. The van der Waals surface area contributed by atoms with Crippen molar-refractivity contribution in [3.63, 3.8) is 0 Å². The minimum absolute atomic E-state index is 0.112. The second-order valence-electron chi connectivity index (χ2n) is 6.20. The maximum Gasteiger partial charge on any atom is 0.338 e. The number of anilines is 1. The van der Waals surface area contributed by atoms with E-state index in [-0.39, 0.29) is 53.7 Å². The third-order valence-corrected chi connectivity index (χ3v) is 4.69. The Bertz CT molecular complexity index is 793. The average molecular weight is 359 g/mol. The molecule has 1 fully saturated rings. The molecule has 0 spiro atoms. The van der Waals surface area contributed by atoms with E-state index < -0.39 is 10.9 Å². The number of rotatable bonds is 6. The zero-order chi connectivity index (χ0) is 18.8. The number of nitro groups is 1. The molecule has 0 saturated carbocycles. The van der Waals surface area contributed by atoms with Crippen LogP contribution >= 0.6 is 0 Å². The lowest BCUT2D eigenvalue weighted by atomic mass is 9.85. The monoisotopic (exact) mass is 359 g/mol. The van der Waals surface area contributed by atoms with Crippen molar-refractivity contribution in [2.24, 2.45) is 11.8 Å². The molecule has 0 unspecified atom stereocenters. The molecule has 26 heavy (non-hydrogen) atoms. The number of nitrogens with zero attached hydrogens (tertiary/aromatic N) is 2. The molecular weight excluding hydrogens is 342 g/mol. The summed E-state index contributed by atoms with van der Waals surface area (Å²) in [5.41, 5.74) is -0.369. The lowest BCUT2D eigenvalue weighted by Gasteiger charge is -2.16. The van der Waals surface area contributed by atoms with Crippen LogP contribution in [0.3, 0.4) is 0 Å². The first-order valence-corrected chi connectivity index (χ1v) is 8.16. The van der Waals surface area contributed by atoms with Gasteiger partial charge in [-0.15, -0.1) is 0 Å². The molecule has 0 bridgehead atoms. The number of non-ortho nitro benzene ring substituents is 1. The van der Waals surface area contributed by atoms with E-state index in [2.05, 4.69) is 5.32 Å². The molecule has 2 N–H and O–H groups in total. The van der Waals surface area contributed by atoms with E-state index in [0.29, 0.717) is 12.8 Å².